The molecule has 0 bridgehead atoms. The number of unbranched alkanes of at least 4 members (excludes halogenated alkanes) is 1. The number of hydrogen-bond donors (Lipinski definition) is 1. The van der Waals surface area contributed by atoms with Gasteiger partial charge in [0.2, 0.25) is 0 Å². The zero-order chi connectivity index (χ0) is 8.60. The lowest BCUT2D eigenvalue weighted by Crippen LogP contribution is -2.29. The second-order valence-electron chi connectivity index (χ2n) is 3.65. The summed E-state index contributed by atoms with van der Waals surface area (Å²) >= 11 is 0. The maximum atomic E-state index is 11.3. The first-order valence-electron chi connectivity index (χ1n) is 4.67. The Morgan fingerprint density at radius 2 is 2.33 bits per heavy atom. The smallest absolute Gasteiger partial charge is 0.253 e. The molecule has 3 nitrogen and oxygen atoms in total. The Kier molecular flexibility index (Phi) is 1.67. The fraction of sp³-hybridized carbons (Fsp3) is 0.778. The Hall–Kier alpha value is -0.860. The lowest BCUT2D eigenvalue weighted by Gasteiger charge is -1.97. The minimum absolute atomic E-state index is 0.133. The van der Waals surface area contributed by atoms with Crippen LogP contribution in [0, 0.1) is 0 Å². The lowest BCUT2D eigenvalue weighted by molar-refractivity contribution is -0.120. The predicted molar refractivity (Wildman–Crippen MR) is 47.1 cm³/mol. The molecule has 0 aromatic heterocycles. The van der Waals surface area contributed by atoms with Gasteiger partial charge in [0.15, 0.2) is 0 Å². The van der Waals surface area contributed by atoms with Gasteiger partial charge in [0.1, 0.15) is 11.4 Å². The highest BCUT2D eigenvalue weighted by molar-refractivity contribution is 6.09. The van der Waals surface area contributed by atoms with Crippen molar-refractivity contribution < 1.29 is 4.79 Å². The summed E-state index contributed by atoms with van der Waals surface area (Å²) in [4.78, 5) is 15.7. The van der Waals surface area contributed by atoms with Crippen molar-refractivity contribution in [3.8, 4) is 0 Å². The van der Waals surface area contributed by atoms with Gasteiger partial charge in [-0.15, -0.1) is 0 Å². The molecule has 3 heteroatoms. The molecule has 0 atom stereocenters. The third-order valence-electron chi connectivity index (χ3n) is 2.52. The van der Waals surface area contributed by atoms with Crippen LogP contribution in [0.25, 0.3) is 0 Å². The molecule has 1 heterocycles. The molecule has 0 radical (unpaired) electrons. The van der Waals surface area contributed by atoms with E-state index >= 15 is 0 Å². The molecule has 1 fully saturated rings. The Morgan fingerprint density at radius 1 is 1.58 bits per heavy atom. The average Bonchev–Trinajstić information content (AvgIpc) is 2.74. The molecule has 0 aromatic rings. The molecule has 1 N–H and O–H groups in total. The molecule has 1 amide bonds. The molecule has 2 rings (SSSR count). The maximum Gasteiger partial charge on any atom is 0.253 e. The number of carbonyl (C=O) groups is 1. The maximum absolute atomic E-state index is 11.3. The van der Waals surface area contributed by atoms with E-state index < -0.39 is 0 Å². The monoisotopic (exact) mass is 166 g/mol. The minimum atomic E-state index is -0.289. The van der Waals surface area contributed by atoms with Crippen molar-refractivity contribution in [2.75, 3.05) is 0 Å². The third-order valence-corrected chi connectivity index (χ3v) is 2.52. The van der Waals surface area contributed by atoms with E-state index in [2.05, 4.69) is 17.2 Å². The highest BCUT2D eigenvalue weighted by Gasteiger charge is 2.53. The van der Waals surface area contributed by atoms with Crippen LogP contribution in [0.4, 0.5) is 0 Å². The number of carbonyl (C=O) groups excluding carboxylic acids is 1. The number of aliphatic imine (C=N–C) groups is 1. The summed E-state index contributed by atoms with van der Waals surface area (Å²) in [5, 5.41) is 2.85. The zero-order valence-electron chi connectivity index (χ0n) is 7.39. The van der Waals surface area contributed by atoms with Crippen molar-refractivity contribution in [2.24, 2.45) is 4.99 Å². The van der Waals surface area contributed by atoms with E-state index in [4.69, 9.17) is 0 Å². The summed E-state index contributed by atoms with van der Waals surface area (Å²) in [5.41, 5.74) is -0.289. The predicted octanol–water partition coefficient (Wildman–Crippen LogP) is 1.24. The SMILES string of the molecule is CCCCC1=NC2(CC2)C(=O)N1. The molecular formula is C9H14N2O. The molecule has 1 saturated carbocycles. The molecule has 12 heavy (non-hydrogen) atoms. The number of nitrogens with one attached hydrogen (secondary N) is 1. The van der Waals surface area contributed by atoms with Crippen LogP contribution in [-0.2, 0) is 4.79 Å². The van der Waals surface area contributed by atoms with Gasteiger partial charge in [0.05, 0.1) is 0 Å². The van der Waals surface area contributed by atoms with Crippen LogP contribution < -0.4 is 5.32 Å². The number of hydrogen-bond acceptors (Lipinski definition) is 2. The van der Waals surface area contributed by atoms with Crippen LogP contribution in [0.5, 0.6) is 0 Å². The van der Waals surface area contributed by atoms with E-state index in [1.54, 1.807) is 0 Å². The van der Waals surface area contributed by atoms with Gasteiger partial charge < -0.3 is 5.32 Å². The first kappa shape index (κ1) is 7.77. The molecule has 1 aliphatic carbocycles. The lowest BCUT2D eigenvalue weighted by atomic mass is 10.2. The highest BCUT2D eigenvalue weighted by Crippen LogP contribution is 2.42. The highest BCUT2D eigenvalue weighted by atomic mass is 16.2. The fourth-order valence-corrected chi connectivity index (χ4v) is 1.50. The Balaban J connectivity index is 1.97. The van der Waals surface area contributed by atoms with Gasteiger partial charge in [-0.3, -0.25) is 9.79 Å². The van der Waals surface area contributed by atoms with Gasteiger partial charge in [-0.1, -0.05) is 13.3 Å². The van der Waals surface area contributed by atoms with Gasteiger partial charge in [-0.2, -0.15) is 0 Å². The van der Waals surface area contributed by atoms with Crippen molar-refractivity contribution in [1.82, 2.24) is 5.32 Å². The number of amides is 1. The van der Waals surface area contributed by atoms with Gasteiger partial charge in [0.25, 0.3) is 5.91 Å². The molecule has 0 saturated heterocycles. The van der Waals surface area contributed by atoms with Gasteiger partial charge in [-0.05, 0) is 19.3 Å². The van der Waals surface area contributed by atoms with Crippen LogP contribution >= 0.6 is 0 Å². The summed E-state index contributed by atoms with van der Waals surface area (Å²) in [6, 6.07) is 0. The second-order valence-corrected chi connectivity index (χ2v) is 3.65. The minimum Gasteiger partial charge on any atom is -0.312 e. The normalized spacial score (nSPS) is 24.1. The summed E-state index contributed by atoms with van der Waals surface area (Å²) in [5.74, 6) is 1.05. The molecule has 0 unspecified atom stereocenters. The average molecular weight is 166 g/mol. The second kappa shape index (κ2) is 2.57. The van der Waals surface area contributed by atoms with Crippen LogP contribution in [0.2, 0.25) is 0 Å². The van der Waals surface area contributed by atoms with E-state index in [-0.39, 0.29) is 11.4 Å². The van der Waals surface area contributed by atoms with Crippen molar-refractivity contribution in [1.29, 1.82) is 0 Å². The van der Waals surface area contributed by atoms with Crippen molar-refractivity contribution in [2.45, 2.75) is 44.6 Å². The fourth-order valence-electron chi connectivity index (χ4n) is 1.50. The van der Waals surface area contributed by atoms with Crippen molar-refractivity contribution in [3.63, 3.8) is 0 Å². The van der Waals surface area contributed by atoms with Gasteiger partial charge in [-0.25, -0.2) is 0 Å². The van der Waals surface area contributed by atoms with Gasteiger partial charge >= 0.3 is 0 Å². The van der Waals surface area contributed by atoms with E-state index in [9.17, 15) is 4.79 Å². The van der Waals surface area contributed by atoms with Gasteiger partial charge in [0, 0.05) is 6.42 Å². The number of nitrogens with zero attached hydrogens (tertiary/aromatic N) is 1. The Labute approximate surface area is 72.3 Å². The molecule has 1 spiro atoms. The van der Waals surface area contributed by atoms with Crippen LogP contribution in [0.1, 0.15) is 39.0 Å². The van der Waals surface area contributed by atoms with Crippen LogP contribution in [0.15, 0.2) is 4.99 Å². The molecule has 0 aromatic carbocycles. The van der Waals surface area contributed by atoms with E-state index in [0.29, 0.717) is 0 Å². The Bertz CT molecular complexity index is 241. The number of rotatable bonds is 3. The molecule has 66 valence electrons. The summed E-state index contributed by atoms with van der Waals surface area (Å²) < 4.78 is 0. The zero-order valence-corrected chi connectivity index (χ0v) is 7.39. The third kappa shape index (κ3) is 1.13. The van der Waals surface area contributed by atoms with Crippen LogP contribution in [0.3, 0.4) is 0 Å². The molecule has 1 aliphatic heterocycles. The largest absolute Gasteiger partial charge is 0.312 e. The van der Waals surface area contributed by atoms with E-state index in [1.807, 2.05) is 0 Å². The van der Waals surface area contributed by atoms with E-state index in [1.165, 1.54) is 0 Å². The molecular weight excluding hydrogens is 152 g/mol. The first-order valence-corrected chi connectivity index (χ1v) is 4.67. The van der Waals surface area contributed by atoms with Crippen LogP contribution in [-0.4, -0.2) is 17.3 Å². The Morgan fingerprint density at radius 3 is 2.83 bits per heavy atom. The summed E-state index contributed by atoms with van der Waals surface area (Å²) in [7, 11) is 0. The van der Waals surface area contributed by atoms with Crippen molar-refractivity contribution >= 4 is 11.7 Å². The molecule has 2 aliphatic rings. The van der Waals surface area contributed by atoms with Crippen molar-refractivity contribution in [3.05, 3.63) is 0 Å². The van der Waals surface area contributed by atoms with E-state index in [0.717, 1.165) is 37.9 Å². The topological polar surface area (TPSA) is 41.5 Å². The summed E-state index contributed by atoms with van der Waals surface area (Å²) in [6.45, 7) is 2.14. The summed E-state index contributed by atoms with van der Waals surface area (Å²) in [6.07, 6.45) is 5.12. The quantitative estimate of drug-likeness (QED) is 0.673. The first-order chi connectivity index (χ1) is 5.77. The number of amidine groups is 1. The standard InChI is InChI=1S/C9H14N2O/c1-2-3-4-7-10-8(12)9(11-7)5-6-9/h2-6H2,1H3,(H,10,11,12).